The molecule has 1 aliphatic carbocycles. The Morgan fingerprint density at radius 3 is 3.00 bits per heavy atom. The number of amides is 1. The highest BCUT2D eigenvalue weighted by molar-refractivity contribution is 5.84. The first kappa shape index (κ1) is 9.17. The van der Waals surface area contributed by atoms with Gasteiger partial charge >= 0.3 is 0 Å². The average molecular weight is 205 g/mol. The molecule has 4 heteroatoms. The number of carbonyl (C=O) groups excluding carboxylic acids is 1. The summed E-state index contributed by atoms with van der Waals surface area (Å²) in [6.45, 7) is 0.940. The fourth-order valence-electron chi connectivity index (χ4n) is 2.96. The summed E-state index contributed by atoms with van der Waals surface area (Å²) >= 11 is 0. The SMILES string of the molecule is N#C[C@@H]1C[C@@H]2C[C@@H]2N1C(=O)[C@@H]1CCCN1. The van der Waals surface area contributed by atoms with Crippen LogP contribution in [0.5, 0.6) is 0 Å². The minimum Gasteiger partial charge on any atom is -0.322 e. The van der Waals surface area contributed by atoms with Gasteiger partial charge in [-0.15, -0.1) is 0 Å². The highest BCUT2D eigenvalue weighted by atomic mass is 16.2. The molecule has 2 saturated heterocycles. The lowest BCUT2D eigenvalue weighted by Gasteiger charge is -2.25. The Morgan fingerprint density at radius 2 is 2.33 bits per heavy atom. The lowest BCUT2D eigenvalue weighted by molar-refractivity contribution is -0.134. The Bertz CT molecular complexity index is 329. The molecular weight excluding hydrogens is 190 g/mol. The summed E-state index contributed by atoms with van der Waals surface area (Å²) in [7, 11) is 0. The van der Waals surface area contributed by atoms with E-state index in [1.165, 1.54) is 0 Å². The smallest absolute Gasteiger partial charge is 0.241 e. The predicted molar refractivity (Wildman–Crippen MR) is 53.8 cm³/mol. The zero-order valence-electron chi connectivity index (χ0n) is 8.65. The van der Waals surface area contributed by atoms with Crippen molar-refractivity contribution >= 4 is 5.91 Å². The largest absolute Gasteiger partial charge is 0.322 e. The highest BCUT2D eigenvalue weighted by Gasteiger charge is 2.55. The first-order valence-corrected chi connectivity index (χ1v) is 5.76. The number of nitrogens with one attached hydrogen (secondary N) is 1. The van der Waals surface area contributed by atoms with Crippen molar-refractivity contribution in [2.45, 2.75) is 43.8 Å². The van der Waals surface area contributed by atoms with E-state index in [9.17, 15) is 4.79 Å². The molecule has 0 aromatic carbocycles. The second-order valence-corrected chi connectivity index (χ2v) is 4.84. The lowest BCUT2D eigenvalue weighted by atomic mass is 10.1. The minimum absolute atomic E-state index is 0.0137. The topological polar surface area (TPSA) is 56.1 Å². The Labute approximate surface area is 89.2 Å². The van der Waals surface area contributed by atoms with Crippen LogP contribution in [0.15, 0.2) is 0 Å². The van der Waals surface area contributed by atoms with E-state index in [2.05, 4.69) is 11.4 Å². The maximum Gasteiger partial charge on any atom is 0.241 e. The molecule has 1 saturated carbocycles. The van der Waals surface area contributed by atoms with Crippen LogP contribution in [0, 0.1) is 17.2 Å². The summed E-state index contributed by atoms with van der Waals surface area (Å²) in [5, 5.41) is 12.2. The third kappa shape index (κ3) is 1.34. The number of nitrogens with zero attached hydrogens (tertiary/aromatic N) is 2. The van der Waals surface area contributed by atoms with Gasteiger partial charge in [-0.25, -0.2) is 0 Å². The molecule has 15 heavy (non-hydrogen) atoms. The van der Waals surface area contributed by atoms with Gasteiger partial charge in [0.25, 0.3) is 0 Å². The first-order valence-electron chi connectivity index (χ1n) is 5.76. The maximum absolute atomic E-state index is 12.2. The molecule has 0 aromatic heterocycles. The van der Waals surface area contributed by atoms with Gasteiger partial charge in [0.2, 0.25) is 5.91 Å². The molecule has 0 unspecified atom stereocenters. The molecule has 0 spiro atoms. The zero-order chi connectivity index (χ0) is 10.4. The van der Waals surface area contributed by atoms with Crippen molar-refractivity contribution in [2.75, 3.05) is 6.54 Å². The van der Waals surface area contributed by atoms with Crippen LogP contribution in [0.25, 0.3) is 0 Å². The second-order valence-electron chi connectivity index (χ2n) is 4.84. The number of hydrogen-bond acceptors (Lipinski definition) is 3. The van der Waals surface area contributed by atoms with Crippen LogP contribution >= 0.6 is 0 Å². The Hall–Kier alpha value is -1.08. The molecule has 2 aliphatic heterocycles. The third-order valence-corrected chi connectivity index (χ3v) is 3.87. The van der Waals surface area contributed by atoms with Crippen molar-refractivity contribution in [3.63, 3.8) is 0 Å². The Balaban J connectivity index is 1.75. The standard InChI is InChI=1S/C11H15N3O/c12-6-8-4-7-5-10(7)14(8)11(15)9-2-1-3-13-9/h7-10,13H,1-5H2/t7-,8+,9+,10+/m1/s1. The van der Waals surface area contributed by atoms with Gasteiger partial charge in [-0.1, -0.05) is 0 Å². The van der Waals surface area contributed by atoms with Crippen LogP contribution < -0.4 is 5.32 Å². The van der Waals surface area contributed by atoms with Crippen LogP contribution in [0.4, 0.5) is 0 Å². The number of hydrogen-bond donors (Lipinski definition) is 1. The molecule has 0 bridgehead atoms. The van der Waals surface area contributed by atoms with Crippen molar-refractivity contribution in [1.29, 1.82) is 5.26 Å². The third-order valence-electron chi connectivity index (χ3n) is 3.87. The van der Waals surface area contributed by atoms with Gasteiger partial charge < -0.3 is 10.2 Å². The quantitative estimate of drug-likeness (QED) is 0.667. The normalized spacial score (nSPS) is 42.5. The molecule has 0 radical (unpaired) electrons. The number of fused-ring (bicyclic) bond motifs is 1. The van der Waals surface area contributed by atoms with E-state index in [-0.39, 0.29) is 18.0 Å². The summed E-state index contributed by atoms with van der Waals surface area (Å²) in [6.07, 6.45) is 4.04. The molecule has 0 aromatic rings. The predicted octanol–water partition coefficient (Wildman–Crippen LogP) is 0.251. The van der Waals surface area contributed by atoms with Gasteiger partial charge in [0.1, 0.15) is 6.04 Å². The van der Waals surface area contributed by atoms with Crippen LogP contribution in [-0.2, 0) is 4.79 Å². The van der Waals surface area contributed by atoms with Crippen LogP contribution in [0.3, 0.4) is 0 Å². The highest BCUT2D eigenvalue weighted by Crippen LogP contribution is 2.47. The number of nitriles is 1. The molecule has 80 valence electrons. The molecule has 1 N–H and O–H groups in total. The van der Waals surface area contributed by atoms with Gasteiger partial charge in [-0.3, -0.25) is 4.79 Å². The van der Waals surface area contributed by atoms with E-state index >= 15 is 0 Å². The molecule has 3 rings (SSSR count). The summed E-state index contributed by atoms with van der Waals surface area (Å²) in [4.78, 5) is 14.0. The Morgan fingerprint density at radius 1 is 1.47 bits per heavy atom. The van der Waals surface area contributed by atoms with Gasteiger partial charge in [-0.05, 0) is 38.1 Å². The summed E-state index contributed by atoms with van der Waals surface area (Å²) in [6, 6.07) is 2.49. The van der Waals surface area contributed by atoms with E-state index in [0.29, 0.717) is 12.0 Å². The molecule has 4 nitrogen and oxygen atoms in total. The van der Waals surface area contributed by atoms with Crippen molar-refractivity contribution < 1.29 is 4.79 Å². The Kier molecular flexibility index (Phi) is 1.96. The molecule has 2 heterocycles. The molecule has 1 amide bonds. The molecule has 3 aliphatic rings. The van der Waals surface area contributed by atoms with Gasteiger partial charge in [0.05, 0.1) is 12.1 Å². The van der Waals surface area contributed by atoms with Crippen molar-refractivity contribution in [2.24, 2.45) is 5.92 Å². The number of likely N-dealkylation sites (tertiary alicyclic amines) is 1. The van der Waals surface area contributed by atoms with E-state index in [1.807, 2.05) is 4.90 Å². The van der Waals surface area contributed by atoms with E-state index in [4.69, 9.17) is 5.26 Å². The number of carbonyl (C=O) groups is 1. The maximum atomic E-state index is 12.2. The van der Waals surface area contributed by atoms with E-state index < -0.39 is 0 Å². The van der Waals surface area contributed by atoms with Crippen LogP contribution in [0.1, 0.15) is 25.7 Å². The minimum atomic E-state index is -0.149. The average Bonchev–Trinajstić information content (AvgIpc) is 2.73. The molecular formula is C11H15N3O. The number of rotatable bonds is 1. The fraction of sp³-hybridized carbons (Fsp3) is 0.818. The van der Waals surface area contributed by atoms with Crippen LogP contribution in [0.2, 0.25) is 0 Å². The fourth-order valence-corrected chi connectivity index (χ4v) is 2.96. The molecule has 3 fully saturated rings. The van der Waals surface area contributed by atoms with Crippen molar-refractivity contribution in [1.82, 2.24) is 10.2 Å². The van der Waals surface area contributed by atoms with E-state index in [0.717, 1.165) is 32.2 Å². The van der Waals surface area contributed by atoms with Crippen molar-refractivity contribution in [3.8, 4) is 6.07 Å². The van der Waals surface area contributed by atoms with E-state index in [1.54, 1.807) is 0 Å². The lowest BCUT2D eigenvalue weighted by Crippen LogP contribution is -2.47. The summed E-state index contributed by atoms with van der Waals surface area (Å²) in [5.41, 5.74) is 0. The monoisotopic (exact) mass is 205 g/mol. The molecule has 4 atom stereocenters. The number of piperidine rings is 1. The van der Waals surface area contributed by atoms with Gasteiger partial charge in [-0.2, -0.15) is 5.26 Å². The summed E-state index contributed by atoms with van der Waals surface area (Å²) in [5.74, 6) is 0.795. The van der Waals surface area contributed by atoms with Gasteiger partial charge in [0.15, 0.2) is 0 Å². The van der Waals surface area contributed by atoms with Crippen LogP contribution in [-0.4, -0.2) is 35.5 Å². The first-order chi connectivity index (χ1) is 7.31. The second kappa shape index (κ2) is 3.21. The van der Waals surface area contributed by atoms with Crippen molar-refractivity contribution in [3.05, 3.63) is 0 Å². The van der Waals surface area contributed by atoms with Gasteiger partial charge in [0, 0.05) is 6.04 Å². The zero-order valence-corrected chi connectivity index (χ0v) is 8.65. The summed E-state index contributed by atoms with van der Waals surface area (Å²) < 4.78 is 0.